The second-order valence-electron chi connectivity index (χ2n) is 5.48. The number of hydrogen-bond acceptors (Lipinski definition) is 9. The highest BCUT2D eigenvalue weighted by atomic mass is 16.6. The van der Waals surface area contributed by atoms with Gasteiger partial charge in [-0.2, -0.15) is 0 Å². The standard InChI is InChI=1S/C17H28O9.10CH4/c1-13(18)14(2)26-17(21)12-25-15(19)7-5-4-6-8-23-9-10-24-16(20)11-22-3;;;;;;;;;;/h14H,4-12H2,1-3H3;10*1H4. The topological polar surface area (TPSA) is 114 Å². The quantitative estimate of drug-likeness (QED) is 0.122. The summed E-state index contributed by atoms with van der Waals surface area (Å²) in [5, 5.41) is 0. The number of ketones is 1. The molecule has 0 aliphatic heterocycles. The summed E-state index contributed by atoms with van der Waals surface area (Å²) in [5.41, 5.74) is 0. The molecule has 9 nitrogen and oxygen atoms in total. The zero-order valence-corrected chi connectivity index (χ0v) is 15.6. The first-order valence-corrected chi connectivity index (χ1v) is 8.44. The van der Waals surface area contributed by atoms with E-state index in [0.29, 0.717) is 19.6 Å². The lowest BCUT2D eigenvalue weighted by atomic mass is 10.2. The minimum absolute atomic E-state index is 0. The Kier molecular flexibility index (Phi) is 90.1. The number of esters is 3. The van der Waals surface area contributed by atoms with Crippen molar-refractivity contribution in [1.29, 1.82) is 0 Å². The molecule has 0 aromatic rings. The van der Waals surface area contributed by atoms with Gasteiger partial charge in [-0.05, 0) is 26.7 Å². The van der Waals surface area contributed by atoms with Crippen LogP contribution in [0.3, 0.4) is 0 Å². The average Bonchev–Trinajstić information content (AvgIpc) is 2.58. The highest BCUT2D eigenvalue weighted by molar-refractivity contribution is 5.84. The van der Waals surface area contributed by atoms with E-state index in [1.807, 2.05) is 0 Å². The third-order valence-corrected chi connectivity index (χ3v) is 3.15. The van der Waals surface area contributed by atoms with Crippen molar-refractivity contribution in [3.63, 3.8) is 0 Å². The molecule has 0 N–H and O–H groups in total. The van der Waals surface area contributed by atoms with Crippen LogP contribution >= 0.6 is 0 Å². The van der Waals surface area contributed by atoms with Gasteiger partial charge in [0.2, 0.25) is 0 Å². The molecular weight excluding hydrogens is 468 g/mol. The lowest BCUT2D eigenvalue weighted by molar-refractivity contribution is -0.163. The second kappa shape index (κ2) is 46.4. The van der Waals surface area contributed by atoms with Crippen molar-refractivity contribution in [2.45, 2.75) is 120 Å². The van der Waals surface area contributed by atoms with E-state index in [1.54, 1.807) is 0 Å². The lowest BCUT2D eigenvalue weighted by Crippen LogP contribution is -2.25. The smallest absolute Gasteiger partial charge is 0.344 e. The summed E-state index contributed by atoms with van der Waals surface area (Å²) in [6.07, 6.45) is 1.44. The van der Waals surface area contributed by atoms with E-state index >= 15 is 0 Å². The summed E-state index contributed by atoms with van der Waals surface area (Å²) in [6.45, 7) is 3.15. The number of rotatable bonds is 15. The molecule has 0 aliphatic rings. The van der Waals surface area contributed by atoms with Gasteiger partial charge >= 0.3 is 17.9 Å². The molecule has 0 spiro atoms. The summed E-state index contributed by atoms with van der Waals surface area (Å²) in [4.78, 5) is 44.7. The van der Waals surface area contributed by atoms with Crippen LogP contribution in [0.4, 0.5) is 0 Å². The Balaban J connectivity index is -0.0000000694. The van der Waals surface area contributed by atoms with Gasteiger partial charge in [-0.3, -0.25) is 9.59 Å². The van der Waals surface area contributed by atoms with E-state index in [9.17, 15) is 19.2 Å². The van der Waals surface area contributed by atoms with Crippen molar-refractivity contribution in [1.82, 2.24) is 0 Å². The minimum atomic E-state index is -0.843. The van der Waals surface area contributed by atoms with Crippen molar-refractivity contribution in [3.05, 3.63) is 0 Å². The SMILES string of the molecule is C.C.C.C.C.C.C.C.C.C.COCC(=O)OCCOCCCCCC(=O)OCC(=O)OC(C)C(C)=O. The number of methoxy groups -OCH3 is 1. The fraction of sp³-hybridized carbons (Fsp3) is 0.852. The van der Waals surface area contributed by atoms with Crippen molar-refractivity contribution < 1.29 is 42.9 Å². The summed E-state index contributed by atoms with van der Waals surface area (Å²) in [7, 11) is 1.41. The van der Waals surface area contributed by atoms with Gasteiger partial charge in [-0.15, -0.1) is 0 Å². The van der Waals surface area contributed by atoms with Gasteiger partial charge in [-0.25, -0.2) is 9.59 Å². The van der Waals surface area contributed by atoms with Crippen LogP contribution in [0.5, 0.6) is 0 Å². The van der Waals surface area contributed by atoms with Gasteiger partial charge in [0.1, 0.15) is 13.2 Å². The Morgan fingerprint density at radius 2 is 1.14 bits per heavy atom. The fourth-order valence-electron chi connectivity index (χ4n) is 1.65. The largest absolute Gasteiger partial charge is 0.462 e. The Morgan fingerprint density at radius 3 is 1.61 bits per heavy atom. The predicted molar refractivity (Wildman–Crippen MR) is 157 cm³/mol. The fourth-order valence-corrected chi connectivity index (χ4v) is 1.65. The predicted octanol–water partition coefficient (Wildman–Crippen LogP) is 7.18. The van der Waals surface area contributed by atoms with Crippen LogP contribution in [-0.4, -0.2) is 69.9 Å². The Bertz CT molecular complexity index is 453. The first kappa shape index (κ1) is 70.0. The van der Waals surface area contributed by atoms with Crippen molar-refractivity contribution in [2.75, 3.05) is 40.1 Å². The van der Waals surface area contributed by atoms with E-state index in [0.717, 1.165) is 12.8 Å². The molecule has 0 saturated heterocycles. The van der Waals surface area contributed by atoms with Crippen LogP contribution in [0, 0.1) is 0 Å². The van der Waals surface area contributed by atoms with E-state index in [4.69, 9.17) is 18.9 Å². The lowest BCUT2D eigenvalue weighted by Gasteiger charge is -2.10. The molecule has 0 radical (unpaired) electrons. The van der Waals surface area contributed by atoms with Gasteiger partial charge in [0.15, 0.2) is 18.5 Å². The maximum absolute atomic E-state index is 11.5. The second-order valence-corrected chi connectivity index (χ2v) is 5.48. The van der Waals surface area contributed by atoms with E-state index in [1.165, 1.54) is 21.0 Å². The molecule has 0 bridgehead atoms. The Morgan fingerprint density at radius 1 is 0.611 bits per heavy atom. The van der Waals surface area contributed by atoms with E-state index in [2.05, 4.69) is 4.74 Å². The van der Waals surface area contributed by atoms with Crippen molar-refractivity contribution >= 4 is 23.7 Å². The Labute approximate surface area is 226 Å². The first-order valence-electron chi connectivity index (χ1n) is 8.44. The van der Waals surface area contributed by atoms with Gasteiger partial charge in [0.25, 0.3) is 0 Å². The number of Topliss-reactive ketones (excluding diaryl/α,β-unsaturated/α-hetero) is 1. The molecule has 0 saturated carbocycles. The van der Waals surface area contributed by atoms with Gasteiger partial charge in [0, 0.05) is 20.1 Å². The third kappa shape index (κ3) is 45.5. The van der Waals surface area contributed by atoms with Crippen molar-refractivity contribution in [3.8, 4) is 0 Å². The molecule has 1 atom stereocenters. The van der Waals surface area contributed by atoms with Crippen LogP contribution in [0.2, 0.25) is 0 Å². The molecular formula is C27H68O9. The zero-order chi connectivity index (χ0) is 19.8. The molecule has 36 heavy (non-hydrogen) atoms. The van der Waals surface area contributed by atoms with Crippen LogP contribution in [0.1, 0.15) is 114 Å². The summed E-state index contributed by atoms with van der Waals surface area (Å²) < 4.78 is 24.2. The minimum Gasteiger partial charge on any atom is -0.462 e. The van der Waals surface area contributed by atoms with Crippen molar-refractivity contribution in [2.24, 2.45) is 0 Å². The number of ether oxygens (including phenoxy) is 5. The third-order valence-electron chi connectivity index (χ3n) is 3.15. The van der Waals surface area contributed by atoms with E-state index in [-0.39, 0.29) is 99.7 Å². The molecule has 9 heteroatoms. The highest BCUT2D eigenvalue weighted by Crippen LogP contribution is 2.02. The van der Waals surface area contributed by atoms with Crippen LogP contribution in [0.25, 0.3) is 0 Å². The number of hydrogen-bond donors (Lipinski definition) is 0. The van der Waals surface area contributed by atoms with Gasteiger partial charge < -0.3 is 23.7 Å². The van der Waals surface area contributed by atoms with E-state index < -0.39 is 30.6 Å². The molecule has 0 rings (SSSR count). The number of carbonyl (C=O) groups is 4. The molecule has 230 valence electrons. The monoisotopic (exact) mass is 536 g/mol. The maximum Gasteiger partial charge on any atom is 0.344 e. The molecule has 0 amide bonds. The number of carbonyl (C=O) groups excluding carboxylic acids is 4. The summed E-state index contributed by atoms with van der Waals surface area (Å²) in [5.74, 6) is -1.96. The normalized spacial score (nSPS) is 8.31. The molecule has 0 aromatic heterocycles. The zero-order valence-electron chi connectivity index (χ0n) is 15.6. The number of unbranched alkanes of at least 4 members (excludes halogenated alkanes) is 2. The molecule has 0 heterocycles. The molecule has 0 aromatic carbocycles. The maximum atomic E-state index is 11.5. The van der Waals surface area contributed by atoms with Gasteiger partial charge in [-0.1, -0.05) is 80.7 Å². The highest BCUT2D eigenvalue weighted by Gasteiger charge is 2.15. The first-order chi connectivity index (χ1) is 12.4. The van der Waals surface area contributed by atoms with Crippen LogP contribution in [-0.2, 0) is 42.9 Å². The van der Waals surface area contributed by atoms with Gasteiger partial charge in [0.05, 0.1) is 6.61 Å². The average molecular weight is 537 g/mol. The molecule has 0 aliphatic carbocycles. The summed E-state index contributed by atoms with van der Waals surface area (Å²) >= 11 is 0. The Hall–Kier alpha value is -2.00. The van der Waals surface area contributed by atoms with Crippen LogP contribution < -0.4 is 0 Å². The van der Waals surface area contributed by atoms with Crippen LogP contribution in [0.15, 0.2) is 0 Å². The summed E-state index contributed by atoms with van der Waals surface area (Å²) in [6, 6.07) is 0. The molecule has 1 unspecified atom stereocenters. The molecule has 0 fully saturated rings.